The average molecular weight is 171 g/mol. The molecular formula is C8H7F2NO. The van der Waals surface area contributed by atoms with Crippen LogP contribution in [0.3, 0.4) is 0 Å². The van der Waals surface area contributed by atoms with E-state index in [4.69, 9.17) is 5.11 Å². The predicted octanol–water partition coefficient (Wildman–Crippen LogP) is 1.37. The van der Waals surface area contributed by atoms with E-state index >= 15 is 0 Å². The Morgan fingerprint density at radius 2 is 1.92 bits per heavy atom. The lowest BCUT2D eigenvalue weighted by Crippen LogP contribution is -1.90. The third kappa shape index (κ3) is 1.85. The fourth-order valence-electron chi connectivity index (χ4n) is 0.751. The molecule has 64 valence electrons. The summed E-state index contributed by atoms with van der Waals surface area (Å²) >= 11 is 0. The van der Waals surface area contributed by atoms with Crippen molar-refractivity contribution in [1.29, 1.82) is 0 Å². The van der Waals surface area contributed by atoms with Gasteiger partial charge in [0.05, 0.1) is 19.0 Å². The maximum atomic E-state index is 12.7. The standard InChI is InChI=1S/C8H7F2NO/c9-7-4-11-5-8(10)6(7)2-1-3-12/h1-2,4-5,12H,3H2/b2-1+. The topological polar surface area (TPSA) is 33.1 Å². The Hall–Kier alpha value is -1.29. The van der Waals surface area contributed by atoms with Gasteiger partial charge in [-0.15, -0.1) is 0 Å². The SMILES string of the molecule is OC/C=C/c1c(F)cncc1F. The van der Waals surface area contributed by atoms with Gasteiger partial charge in [-0.2, -0.15) is 0 Å². The van der Waals surface area contributed by atoms with Gasteiger partial charge in [-0.3, -0.25) is 4.98 Å². The molecule has 1 rings (SSSR count). The van der Waals surface area contributed by atoms with Crippen molar-refractivity contribution in [3.05, 3.63) is 35.7 Å². The van der Waals surface area contributed by atoms with Gasteiger partial charge in [0.1, 0.15) is 0 Å². The smallest absolute Gasteiger partial charge is 0.151 e. The summed E-state index contributed by atoms with van der Waals surface area (Å²) < 4.78 is 25.5. The van der Waals surface area contributed by atoms with Gasteiger partial charge in [-0.05, 0) is 0 Å². The highest BCUT2D eigenvalue weighted by Crippen LogP contribution is 2.11. The number of halogens is 2. The summed E-state index contributed by atoms with van der Waals surface area (Å²) in [6.45, 7) is -0.249. The Morgan fingerprint density at radius 3 is 2.42 bits per heavy atom. The van der Waals surface area contributed by atoms with Crippen LogP contribution in [0.1, 0.15) is 5.56 Å². The summed E-state index contributed by atoms with van der Waals surface area (Å²) in [5, 5.41) is 8.36. The van der Waals surface area contributed by atoms with Crippen molar-refractivity contribution in [1.82, 2.24) is 4.98 Å². The molecule has 0 saturated heterocycles. The van der Waals surface area contributed by atoms with Crippen molar-refractivity contribution in [3.8, 4) is 0 Å². The molecule has 12 heavy (non-hydrogen) atoms. The van der Waals surface area contributed by atoms with Crippen LogP contribution in [-0.2, 0) is 0 Å². The van der Waals surface area contributed by atoms with Crippen molar-refractivity contribution in [2.75, 3.05) is 6.61 Å². The Bertz CT molecular complexity index is 279. The van der Waals surface area contributed by atoms with Gasteiger partial charge in [0, 0.05) is 5.56 Å². The van der Waals surface area contributed by atoms with Gasteiger partial charge in [-0.25, -0.2) is 8.78 Å². The molecule has 1 N–H and O–H groups in total. The minimum absolute atomic E-state index is 0.181. The normalized spacial score (nSPS) is 10.9. The van der Waals surface area contributed by atoms with Crippen molar-refractivity contribution in [2.24, 2.45) is 0 Å². The van der Waals surface area contributed by atoms with Crippen LogP contribution in [0, 0.1) is 11.6 Å². The van der Waals surface area contributed by atoms with Crippen LogP contribution in [0.2, 0.25) is 0 Å². The fraction of sp³-hybridized carbons (Fsp3) is 0.125. The van der Waals surface area contributed by atoms with Gasteiger partial charge in [0.25, 0.3) is 0 Å². The van der Waals surface area contributed by atoms with Crippen molar-refractivity contribution >= 4 is 6.08 Å². The quantitative estimate of drug-likeness (QED) is 0.728. The summed E-state index contributed by atoms with van der Waals surface area (Å²) in [5.74, 6) is -1.47. The second kappa shape index (κ2) is 3.92. The number of hydrogen-bond donors (Lipinski definition) is 1. The molecule has 0 aromatic carbocycles. The number of aromatic nitrogens is 1. The molecule has 2 nitrogen and oxygen atoms in total. The van der Waals surface area contributed by atoms with E-state index in [1.807, 2.05) is 0 Å². The lowest BCUT2D eigenvalue weighted by molar-refractivity contribution is 0.343. The molecule has 0 aliphatic heterocycles. The molecule has 1 aromatic heterocycles. The van der Waals surface area contributed by atoms with E-state index in [9.17, 15) is 8.78 Å². The lowest BCUT2D eigenvalue weighted by Gasteiger charge is -1.96. The summed E-state index contributed by atoms with van der Waals surface area (Å²) in [7, 11) is 0. The zero-order valence-corrected chi connectivity index (χ0v) is 6.17. The Balaban J connectivity index is 3.04. The third-order valence-corrected chi connectivity index (χ3v) is 1.28. The summed E-state index contributed by atoms with van der Waals surface area (Å²) in [6, 6.07) is 0. The molecule has 0 radical (unpaired) electrons. The third-order valence-electron chi connectivity index (χ3n) is 1.28. The molecule has 1 heterocycles. The first-order chi connectivity index (χ1) is 5.75. The molecule has 1 aromatic rings. The highest BCUT2D eigenvalue weighted by Gasteiger charge is 2.04. The van der Waals surface area contributed by atoms with Crippen LogP contribution >= 0.6 is 0 Å². The zero-order chi connectivity index (χ0) is 8.97. The first-order valence-corrected chi connectivity index (χ1v) is 3.32. The van der Waals surface area contributed by atoms with E-state index in [2.05, 4.69) is 4.98 Å². The number of aliphatic hydroxyl groups is 1. The molecule has 0 aliphatic rings. The number of pyridine rings is 1. The molecule has 4 heteroatoms. The molecular weight excluding hydrogens is 164 g/mol. The fourth-order valence-corrected chi connectivity index (χ4v) is 0.751. The van der Waals surface area contributed by atoms with Crippen LogP contribution in [-0.4, -0.2) is 16.7 Å². The number of aliphatic hydroxyl groups excluding tert-OH is 1. The number of hydrogen-bond acceptors (Lipinski definition) is 2. The second-order valence-corrected chi connectivity index (χ2v) is 2.10. The van der Waals surface area contributed by atoms with E-state index in [1.165, 1.54) is 12.2 Å². The van der Waals surface area contributed by atoms with Crippen molar-refractivity contribution in [3.63, 3.8) is 0 Å². The molecule has 0 spiro atoms. The van der Waals surface area contributed by atoms with Gasteiger partial charge in [0.2, 0.25) is 0 Å². The molecule has 0 aliphatic carbocycles. The van der Waals surface area contributed by atoms with E-state index < -0.39 is 11.6 Å². The summed E-state index contributed by atoms with van der Waals surface area (Å²) in [5.41, 5.74) is -0.181. The average Bonchev–Trinajstić information content (AvgIpc) is 2.04. The zero-order valence-electron chi connectivity index (χ0n) is 6.17. The maximum absolute atomic E-state index is 12.7. The van der Waals surface area contributed by atoms with Crippen molar-refractivity contribution in [2.45, 2.75) is 0 Å². The minimum Gasteiger partial charge on any atom is -0.392 e. The lowest BCUT2D eigenvalue weighted by atomic mass is 10.2. The Morgan fingerprint density at radius 1 is 1.33 bits per heavy atom. The minimum atomic E-state index is -0.736. The Labute approximate surface area is 68.2 Å². The van der Waals surface area contributed by atoms with Crippen molar-refractivity contribution < 1.29 is 13.9 Å². The highest BCUT2D eigenvalue weighted by molar-refractivity contribution is 5.49. The molecule has 0 unspecified atom stereocenters. The van der Waals surface area contributed by atoms with E-state index in [0.717, 1.165) is 12.4 Å². The van der Waals surface area contributed by atoms with Crippen LogP contribution < -0.4 is 0 Å². The number of rotatable bonds is 2. The van der Waals surface area contributed by atoms with E-state index in [0.29, 0.717) is 0 Å². The molecule has 0 atom stereocenters. The molecule has 0 amide bonds. The van der Waals surface area contributed by atoms with Crippen LogP contribution in [0.4, 0.5) is 8.78 Å². The second-order valence-electron chi connectivity index (χ2n) is 2.10. The summed E-state index contributed by atoms with van der Waals surface area (Å²) in [4.78, 5) is 3.31. The maximum Gasteiger partial charge on any atom is 0.151 e. The van der Waals surface area contributed by atoms with Gasteiger partial charge >= 0.3 is 0 Å². The van der Waals surface area contributed by atoms with Gasteiger partial charge in [0.15, 0.2) is 11.6 Å². The number of nitrogens with zero attached hydrogens (tertiary/aromatic N) is 1. The van der Waals surface area contributed by atoms with E-state index in [1.54, 1.807) is 0 Å². The first-order valence-electron chi connectivity index (χ1n) is 3.32. The van der Waals surface area contributed by atoms with E-state index in [-0.39, 0.29) is 12.2 Å². The molecule has 0 fully saturated rings. The van der Waals surface area contributed by atoms with Crippen LogP contribution in [0.15, 0.2) is 18.5 Å². The van der Waals surface area contributed by atoms with Crippen LogP contribution in [0.5, 0.6) is 0 Å². The van der Waals surface area contributed by atoms with Gasteiger partial charge in [-0.1, -0.05) is 12.2 Å². The molecule has 0 bridgehead atoms. The first kappa shape index (κ1) is 8.80. The Kier molecular flexibility index (Phi) is 2.88. The largest absolute Gasteiger partial charge is 0.392 e. The highest BCUT2D eigenvalue weighted by atomic mass is 19.1. The molecule has 0 saturated carbocycles. The predicted molar refractivity (Wildman–Crippen MR) is 40.3 cm³/mol. The van der Waals surface area contributed by atoms with Gasteiger partial charge < -0.3 is 5.11 Å². The summed E-state index contributed by atoms with van der Waals surface area (Å²) in [6.07, 6.45) is 4.26. The van der Waals surface area contributed by atoms with Crippen LogP contribution in [0.25, 0.3) is 6.08 Å². The monoisotopic (exact) mass is 171 g/mol.